The molecule has 1 atom stereocenters. The number of aliphatic carboxylic acids is 1. The minimum absolute atomic E-state index is 0.0774. The molecule has 0 spiro atoms. The number of carbonyl (C=O) groups is 2. The number of carbonyl (C=O) groups excluding carboxylic acids is 1. The van der Waals surface area contributed by atoms with Gasteiger partial charge in [0.15, 0.2) is 0 Å². The van der Waals surface area contributed by atoms with Gasteiger partial charge in [0.2, 0.25) is 0 Å². The highest BCUT2D eigenvalue weighted by atomic mass is 16.4. The van der Waals surface area contributed by atoms with E-state index in [0.29, 0.717) is 0 Å². The maximum Gasteiger partial charge on any atom is 0.321 e. The van der Waals surface area contributed by atoms with Crippen molar-refractivity contribution >= 4 is 17.9 Å². The third kappa shape index (κ3) is 3.40. The van der Waals surface area contributed by atoms with Crippen molar-refractivity contribution in [2.75, 3.05) is 5.32 Å². The lowest BCUT2D eigenvalue weighted by molar-refractivity contribution is -0.137. The van der Waals surface area contributed by atoms with Gasteiger partial charge in [0.05, 0.1) is 13.5 Å². The van der Waals surface area contributed by atoms with Gasteiger partial charge in [0, 0.05) is 6.04 Å². The summed E-state index contributed by atoms with van der Waals surface area (Å²) in [4.78, 5) is 23.5. The number of nitrogens with one attached hydrogen (secondary N) is 2. The number of rotatable bonds is 5. The lowest BCUT2D eigenvalue weighted by Crippen LogP contribution is -2.40. The third-order valence-corrected chi connectivity index (χ3v) is 2.64. The van der Waals surface area contributed by atoms with Gasteiger partial charge in [-0.05, 0) is 24.0 Å². The van der Waals surface area contributed by atoms with Gasteiger partial charge in [-0.3, -0.25) is 10.1 Å². The summed E-state index contributed by atoms with van der Waals surface area (Å²) in [5.41, 5.74) is 0. The van der Waals surface area contributed by atoms with Crippen molar-refractivity contribution in [1.82, 2.24) is 25.5 Å². The van der Waals surface area contributed by atoms with E-state index in [1.54, 1.807) is 7.05 Å². The first-order chi connectivity index (χ1) is 8.54. The Morgan fingerprint density at radius 1 is 1.56 bits per heavy atom. The van der Waals surface area contributed by atoms with Crippen LogP contribution < -0.4 is 10.6 Å². The van der Waals surface area contributed by atoms with Gasteiger partial charge in [0.25, 0.3) is 5.95 Å². The number of amides is 2. The van der Waals surface area contributed by atoms with E-state index in [1.165, 1.54) is 4.80 Å². The number of carboxylic acid groups (broad SMARTS) is 1. The summed E-state index contributed by atoms with van der Waals surface area (Å²) in [5.74, 6) is -0.591. The van der Waals surface area contributed by atoms with Crippen LogP contribution in [0.4, 0.5) is 10.7 Å². The first-order valence-electron chi connectivity index (χ1n) is 5.58. The standard InChI is InChI=1S/C9H14N6O3/c1-15-13-8(12-14-15)11-9(18)10-6(4-7(16)17)5-2-3-5/h5-6H,2-4H2,1H3,(H,16,17)(H2,10,11,13,18). The molecule has 3 N–H and O–H groups in total. The molecule has 2 amide bonds. The highest BCUT2D eigenvalue weighted by Crippen LogP contribution is 2.34. The summed E-state index contributed by atoms with van der Waals surface area (Å²) in [7, 11) is 1.58. The Balaban J connectivity index is 1.86. The van der Waals surface area contributed by atoms with E-state index in [0.717, 1.165) is 12.8 Å². The average molecular weight is 254 g/mol. The minimum atomic E-state index is -0.926. The molecule has 1 fully saturated rings. The molecule has 1 aliphatic carbocycles. The topological polar surface area (TPSA) is 122 Å². The largest absolute Gasteiger partial charge is 0.481 e. The van der Waals surface area contributed by atoms with Crippen molar-refractivity contribution in [2.45, 2.75) is 25.3 Å². The molecule has 0 aliphatic heterocycles. The fourth-order valence-corrected chi connectivity index (χ4v) is 1.66. The van der Waals surface area contributed by atoms with Crippen molar-refractivity contribution in [2.24, 2.45) is 13.0 Å². The fourth-order valence-electron chi connectivity index (χ4n) is 1.66. The van der Waals surface area contributed by atoms with E-state index < -0.39 is 12.0 Å². The van der Waals surface area contributed by atoms with E-state index >= 15 is 0 Å². The Hall–Kier alpha value is -2.19. The summed E-state index contributed by atoms with van der Waals surface area (Å²) in [6.07, 6.45) is 1.81. The molecule has 1 unspecified atom stereocenters. The first-order valence-corrected chi connectivity index (χ1v) is 5.58. The SMILES string of the molecule is Cn1nnc(NC(=O)NC(CC(=O)O)C2CC2)n1. The molecule has 1 heterocycles. The van der Waals surface area contributed by atoms with Crippen LogP contribution in [-0.2, 0) is 11.8 Å². The number of aryl methyl sites for hydroxylation is 1. The molecule has 9 heteroatoms. The van der Waals surface area contributed by atoms with Crippen molar-refractivity contribution in [1.29, 1.82) is 0 Å². The smallest absolute Gasteiger partial charge is 0.321 e. The van der Waals surface area contributed by atoms with Crippen molar-refractivity contribution in [3.05, 3.63) is 0 Å². The second kappa shape index (κ2) is 4.98. The van der Waals surface area contributed by atoms with Gasteiger partial charge < -0.3 is 10.4 Å². The van der Waals surface area contributed by atoms with Gasteiger partial charge in [-0.25, -0.2) is 4.79 Å². The van der Waals surface area contributed by atoms with Crippen molar-refractivity contribution < 1.29 is 14.7 Å². The molecule has 1 saturated carbocycles. The molecule has 9 nitrogen and oxygen atoms in total. The lowest BCUT2D eigenvalue weighted by atomic mass is 10.1. The van der Waals surface area contributed by atoms with Crippen molar-refractivity contribution in [3.63, 3.8) is 0 Å². The Bertz CT molecular complexity index is 455. The normalized spacial score (nSPS) is 16.1. The second-order valence-corrected chi connectivity index (χ2v) is 4.24. The van der Waals surface area contributed by atoms with Gasteiger partial charge in [-0.15, -0.1) is 5.10 Å². The van der Waals surface area contributed by atoms with Crippen LogP contribution in [0.3, 0.4) is 0 Å². The molecular formula is C9H14N6O3. The van der Waals surface area contributed by atoms with Crippen LogP contribution in [0.25, 0.3) is 0 Å². The first kappa shape index (κ1) is 12.3. The van der Waals surface area contributed by atoms with Gasteiger partial charge in [-0.2, -0.15) is 4.80 Å². The molecule has 1 aromatic rings. The molecule has 0 bridgehead atoms. The number of tetrazole rings is 1. The van der Waals surface area contributed by atoms with Crippen LogP contribution in [0.1, 0.15) is 19.3 Å². The summed E-state index contributed by atoms with van der Waals surface area (Å²) < 4.78 is 0. The summed E-state index contributed by atoms with van der Waals surface area (Å²) in [5, 5.41) is 24.7. The molecule has 1 aromatic heterocycles. The molecule has 0 radical (unpaired) electrons. The number of nitrogens with zero attached hydrogens (tertiary/aromatic N) is 4. The molecule has 0 saturated heterocycles. The summed E-state index contributed by atoms with van der Waals surface area (Å²) in [6, 6.07) is -0.861. The third-order valence-electron chi connectivity index (χ3n) is 2.64. The number of hydrogen-bond acceptors (Lipinski definition) is 5. The number of aromatic nitrogens is 4. The van der Waals surface area contributed by atoms with Crippen LogP contribution in [0.5, 0.6) is 0 Å². The lowest BCUT2D eigenvalue weighted by Gasteiger charge is -2.15. The predicted molar refractivity (Wildman–Crippen MR) is 59.7 cm³/mol. The quantitative estimate of drug-likeness (QED) is 0.656. The Labute approximate surface area is 103 Å². The zero-order chi connectivity index (χ0) is 13.1. The fraction of sp³-hybridized carbons (Fsp3) is 0.667. The van der Waals surface area contributed by atoms with Crippen LogP contribution in [0.15, 0.2) is 0 Å². The van der Waals surface area contributed by atoms with Crippen LogP contribution >= 0.6 is 0 Å². The van der Waals surface area contributed by atoms with Gasteiger partial charge in [0.1, 0.15) is 0 Å². The minimum Gasteiger partial charge on any atom is -0.481 e. The Morgan fingerprint density at radius 3 is 2.78 bits per heavy atom. The highest BCUT2D eigenvalue weighted by molar-refractivity contribution is 5.87. The number of hydrogen-bond donors (Lipinski definition) is 3. The molecular weight excluding hydrogens is 240 g/mol. The Morgan fingerprint density at radius 2 is 2.28 bits per heavy atom. The second-order valence-electron chi connectivity index (χ2n) is 4.24. The molecule has 2 rings (SSSR count). The van der Waals surface area contributed by atoms with Crippen LogP contribution in [-0.4, -0.2) is 43.4 Å². The van der Waals surface area contributed by atoms with E-state index in [9.17, 15) is 9.59 Å². The highest BCUT2D eigenvalue weighted by Gasteiger charge is 2.33. The predicted octanol–water partition coefficient (Wildman–Crippen LogP) is -0.415. The summed E-state index contributed by atoms with van der Waals surface area (Å²) >= 11 is 0. The Kier molecular flexibility index (Phi) is 3.40. The van der Waals surface area contributed by atoms with Gasteiger partial charge in [-0.1, -0.05) is 5.10 Å². The number of carboxylic acids is 1. The zero-order valence-corrected chi connectivity index (χ0v) is 9.83. The van der Waals surface area contributed by atoms with Crippen molar-refractivity contribution in [3.8, 4) is 0 Å². The summed E-state index contributed by atoms with van der Waals surface area (Å²) in [6.45, 7) is 0. The molecule has 18 heavy (non-hydrogen) atoms. The number of urea groups is 1. The van der Waals surface area contributed by atoms with Gasteiger partial charge >= 0.3 is 12.0 Å². The zero-order valence-electron chi connectivity index (χ0n) is 9.83. The van der Waals surface area contributed by atoms with E-state index in [4.69, 9.17) is 5.11 Å². The van der Waals surface area contributed by atoms with Crippen LogP contribution in [0, 0.1) is 5.92 Å². The number of anilines is 1. The van der Waals surface area contributed by atoms with E-state index in [1.807, 2.05) is 0 Å². The van der Waals surface area contributed by atoms with E-state index in [-0.39, 0.29) is 24.3 Å². The maximum atomic E-state index is 11.6. The molecule has 0 aromatic carbocycles. The van der Waals surface area contributed by atoms with E-state index in [2.05, 4.69) is 26.0 Å². The molecule has 98 valence electrons. The van der Waals surface area contributed by atoms with Crippen LogP contribution in [0.2, 0.25) is 0 Å². The maximum absolute atomic E-state index is 11.6. The molecule has 1 aliphatic rings. The average Bonchev–Trinajstić information content (AvgIpc) is 3.02. The monoisotopic (exact) mass is 254 g/mol.